The Balaban J connectivity index is 1.35. The molecule has 3 rings (SSSR count). The first-order valence-electron chi connectivity index (χ1n) is 9.93. The second-order valence-corrected chi connectivity index (χ2v) is 7.74. The highest BCUT2D eigenvalue weighted by atomic mass is 35.5. The van der Waals surface area contributed by atoms with Crippen LogP contribution in [0.5, 0.6) is 5.75 Å². The summed E-state index contributed by atoms with van der Waals surface area (Å²) in [5, 5.41) is 9.60. The van der Waals surface area contributed by atoms with Gasteiger partial charge in [-0.25, -0.2) is 0 Å². The van der Waals surface area contributed by atoms with Crippen LogP contribution < -0.4 is 4.74 Å². The van der Waals surface area contributed by atoms with Crippen molar-refractivity contribution in [1.29, 1.82) is 5.26 Å². The summed E-state index contributed by atoms with van der Waals surface area (Å²) in [6, 6.07) is 15.4. The zero-order valence-corrected chi connectivity index (χ0v) is 17.5. The van der Waals surface area contributed by atoms with Crippen molar-refractivity contribution < 1.29 is 9.53 Å². The summed E-state index contributed by atoms with van der Waals surface area (Å²) in [6.45, 7) is 6.56. The molecule has 5 nitrogen and oxygen atoms in total. The number of carbonyl (C=O) groups is 1. The first kappa shape index (κ1) is 21.2. The van der Waals surface area contributed by atoms with Crippen molar-refractivity contribution in [1.82, 2.24) is 9.80 Å². The third-order valence-corrected chi connectivity index (χ3v) is 5.57. The highest BCUT2D eigenvalue weighted by Gasteiger charge is 2.20. The quantitative estimate of drug-likeness (QED) is 0.645. The minimum absolute atomic E-state index is 0.193. The number of carbonyl (C=O) groups excluding carboxylic acids is 1. The van der Waals surface area contributed by atoms with Gasteiger partial charge in [-0.2, -0.15) is 5.26 Å². The first-order chi connectivity index (χ1) is 14.0. The number of nitriles is 1. The van der Waals surface area contributed by atoms with E-state index in [0.29, 0.717) is 25.0 Å². The summed E-state index contributed by atoms with van der Waals surface area (Å²) >= 11 is 6.02. The molecule has 1 aliphatic heterocycles. The molecule has 2 aromatic carbocycles. The van der Waals surface area contributed by atoms with E-state index >= 15 is 0 Å². The molecule has 29 heavy (non-hydrogen) atoms. The van der Waals surface area contributed by atoms with Crippen LogP contribution in [0.3, 0.4) is 0 Å². The second-order valence-electron chi connectivity index (χ2n) is 7.33. The molecule has 0 radical (unpaired) electrons. The van der Waals surface area contributed by atoms with Gasteiger partial charge in [0, 0.05) is 44.2 Å². The summed E-state index contributed by atoms with van der Waals surface area (Å²) in [5.41, 5.74) is 2.86. The standard InChI is InChI=1S/C23H26ClN3O2/c1-18-15-21(8-9-22(18)24)29-14-2-3-23(28)27-12-10-26(11-13-27)17-20-6-4-19(16-25)5-7-20/h4-9,15H,2-3,10-14,17H2,1H3. The average Bonchev–Trinajstić information content (AvgIpc) is 2.74. The molecule has 0 N–H and O–H groups in total. The summed E-state index contributed by atoms with van der Waals surface area (Å²) in [4.78, 5) is 16.7. The lowest BCUT2D eigenvalue weighted by Gasteiger charge is -2.34. The molecule has 6 heteroatoms. The lowest BCUT2D eigenvalue weighted by atomic mass is 10.1. The number of amides is 1. The Bertz CT molecular complexity index is 869. The van der Waals surface area contributed by atoms with E-state index in [2.05, 4.69) is 11.0 Å². The van der Waals surface area contributed by atoms with Gasteiger partial charge in [-0.3, -0.25) is 9.69 Å². The van der Waals surface area contributed by atoms with E-state index in [-0.39, 0.29) is 5.91 Å². The third kappa shape index (κ3) is 6.22. The molecule has 1 amide bonds. The number of piperazine rings is 1. The van der Waals surface area contributed by atoms with E-state index in [1.807, 2.05) is 54.3 Å². The fourth-order valence-electron chi connectivity index (χ4n) is 3.38. The number of hydrogen-bond donors (Lipinski definition) is 0. The summed E-state index contributed by atoms with van der Waals surface area (Å²) < 4.78 is 5.72. The Hall–Kier alpha value is -2.55. The molecular formula is C23H26ClN3O2. The Labute approximate surface area is 177 Å². The van der Waals surface area contributed by atoms with Crippen LogP contribution in [0.4, 0.5) is 0 Å². The van der Waals surface area contributed by atoms with Crippen LogP contribution in [-0.4, -0.2) is 48.5 Å². The monoisotopic (exact) mass is 411 g/mol. The predicted molar refractivity (Wildman–Crippen MR) is 114 cm³/mol. The Morgan fingerprint density at radius 2 is 1.86 bits per heavy atom. The molecule has 1 saturated heterocycles. The zero-order valence-electron chi connectivity index (χ0n) is 16.7. The molecule has 1 heterocycles. The van der Waals surface area contributed by atoms with Crippen LogP contribution in [0.25, 0.3) is 0 Å². The van der Waals surface area contributed by atoms with Gasteiger partial charge < -0.3 is 9.64 Å². The Kier molecular flexibility index (Phi) is 7.51. The van der Waals surface area contributed by atoms with E-state index in [4.69, 9.17) is 21.6 Å². The van der Waals surface area contributed by atoms with E-state index in [0.717, 1.165) is 49.1 Å². The maximum Gasteiger partial charge on any atom is 0.222 e. The highest BCUT2D eigenvalue weighted by molar-refractivity contribution is 6.31. The largest absolute Gasteiger partial charge is 0.494 e. The summed E-state index contributed by atoms with van der Waals surface area (Å²) in [5.74, 6) is 0.981. The van der Waals surface area contributed by atoms with Crippen molar-refractivity contribution in [3.63, 3.8) is 0 Å². The van der Waals surface area contributed by atoms with Crippen molar-refractivity contribution in [3.8, 4) is 11.8 Å². The topological polar surface area (TPSA) is 56.6 Å². The number of benzene rings is 2. The van der Waals surface area contributed by atoms with Gasteiger partial charge >= 0.3 is 0 Å². The van der Waals surface area contributed by atoms with E-state index in [1.54, 1.807) is 0 Å². The number of rotatable bonds is 7. The second kappa shape index (κ2) is 10.3. The Morgan fingerprint density at radius 3 is 2.52 bits per heavy atom. The average molecular weight is 412 g/mol. The molecule has 1 fully saturated rings. The van der Waals surface area contributed by atoms with Gasteiger partial charge in [0.05, 0.1) is 18.2 Å². The smallest absolute Gasteiger partial charge is 0.222 e. The third-order valence-electron chi connectivity index (χ3n) is 5.15. The van der Waals surface area contributed by atoms with Gasteiger partial charge in [0.25, 0.3) is 0 Å². The molecule has 152 valence electrons. The number of nitrogens with zero attached hydrogens (tertiary/aromatic N) is 3. The van der Waals surface area contributed by atoms with Crippen LogP contribution in [0.2, 0.25) is 5.02 Å². The maximum absolute atomic E-state index is 12.4. The van der Waals surface area contributed by atoms with E-state index < -0.39 is 0 Å². The van der Waals surface area contributed by atoms with Crippen molar-refractivity contribution in [2.24, 2.45) is 0 Å². The number of aryl methyl sites for hydroxylation is 1. The first-order valence-corrected chi connectivity index (χ1v) is 10.3. The lowest BCUT2D eigenvalue weighted by Crippen LogP contribution is -2.48. The van der Waals surface area contributed by atoms with Crippen molar-refractivity contribution in [2.45, 2.75) is 26.3 Å². The highest BCUT2D eigenvalue weighted by Crippen LogP contribution is 2.21. The fraction of sp³-hybridized carbons (Fsp3) is 0.391. The molecule has 2 aromatic rings. The SMILES string of the molecule is Cc1cc(OCCCC(=O)N2CCN(Cc3ccc(C#N)cc3)CC2)ccc1Cl. The van der Waals surface area contributed by atoms with Gasteiger partial charge in [0.1, 0.15) is 5.75 Å². The molecule has 0 saturated carbocycles. The molecule has 0 bridgehead atoms. The maximum atomic E-state index is 12.4. The molecule has 0 aromatic heterocycles. The van der Waals surface area contributed by atoms with E-state index in [9.17, 15) is 4.79 Å². The normalized spacial score (nSPS) is 14.4. The van der Waals surface area contributed by atoms with Crippen LogP contribution in [0.1, 0.15) is 29.5 Å². The molecule has 1 aliphatic rings. The van der Waals surface area contributed by atoms with Crippen LogP contribution >= 0.6 is 11.6 Å². The fourth-order valence-corrected chi connectivity index (χ4v) is 3.49. The minimum Gasteiger partial charge on any atom is -0.494 e. The van der Waals surface area contributed by atoms with Gasteiger partial charge in [0.2, 0.25) is 5.91 Å². The van der Waals surface area contributed by atoms with Crippen LogP contribution in [0, 0.1) is 18.3 Å². The number of ether oxygens (including phenoxy) is 1. The van der Waals surface area contributed by atoms with Crippen molar-refractivity contribution in [2.75, 3.05) is 32.8 Å². The zero-order chi connectivity index (χ0) is 20.6. The minimum atomic E-state index is 0.193. The molecule has 0 aliphatic carbocycles. The van der Waals surface area contributed by atoms with Gasteiger partial charge in [0.15, 0.2) is 0 Å². The van der Waals surface area contributed by atoms with Crippen LogP contribution in [-0.2, 0) is 11.3 Å². The predicted octanol–water partition coefficient (Wildman–Crippen LogP) is 4.02. The number of halogens is 1. The molecule has 0 atom stereocenters. The van der Waals surface area contributed by atoms with Gasteiger partial charge in [-0.1, -0.05) is 23.7 Å². The molecular weight excluding hydrogens is 386 g/mol. The van der Waals surface area contributed by atoms with Gasteiger partial charge in [-0.15, -0.1) is 0 Å². The van der Waals surface area contributed by atoms with E-state index in [1.165, 1.54) is 5.56 Å². The van der Waals surface area contributed by atoms with Gasteiger partial charge in [-0.05, 0) is 54.8 Å². The van der Waals surface area contributed by atoms with Crippen molar-refractivity contribution >= 4 is 17.5 Å². The summed E-state index contributed by atoms with van der Waals surface area (Å²) in [7, 11) is 0. The molecule has 0 unspecified atom stereocenters. The van der Waals surface area contributed by atoms with Crippen molar-refractivity contribution in [3.05, 3.63) is 64.2 Å². The number of hydrogen-bond acceptors (Lipinski definition) is 4. The Morgan fingerprint density at radius 1 is 1.14 bits per heavy atom. The van der Waals surface area contributed by atoms with Crippen LogP contribution in [0.15, 0.2) is 42.5 Å². The lowest BCUT2D eigenvalue weighted by molar-refractivity contribution is -0.133. The molecule has 0 spiro atoms. The summed E-state index contributed by atoms with van der Waals surface area (Å²) in [6.07, 6.45) is 1.20.